The van der Waals surface area contributed by atoms with Crippen molar-refractivity contribution in [3.63, 3.8) is 0 Å². The van der Waals surface area contributed by atoms with E-state index in [-0.39, 0.29) is 29.5 Å². The van der Waals surface area contributed by atoms with Crippen molar-refractivity contribution in [3.05, 3.63) is 69.3 Å². The average Bonchev–Trinajstić information content (AvgIpc) is 3.01. The minimum Gasteiger partial charge on any atom is -0.493 e. The number of carbonyl (C=O) groups is 2. The lowest BCUT2D eigenvalue weighted by atomic mass is 9.79. The van der Waals surface area contributed by atoms with Crippen molar-refractivity contribution in [2.75, 3.05) is 40.4 Å². The van der Waals surface area contributed by atoms with Crippen LogP contribution in [0, 0.1) is 22.0 Å². The van der Waals surface area contributed by atoms with E-state index in [2.05, 4.69) is 0 Å². The van der Waals surface area contributed by atoms with Gasteiger partial charge >= 0.3 is 12.3 Å². The van der Waals surface area contributed by atoms with E-state index in [1.54, 1.807) is 9.80 Å². The van der Waals surface area contributed by atoms with E-state index in [1.165, 1.54) is 50.6 Å². The number of nitro benzene ring substituents is 1. The molecule has 2 saturated heterocycles. The second kappa shape index (κ2) is 13.8. The van der Waals surface area contributed by atoms with Crippen LogP contribution in [0.2, 0.25) is 0 Å². The van der Waals surface area contributed by atoms with Crippen molar-refractivity contribution >= 4 is 23.8 Å². The molecule has 13 heteroatoms. The van der Waals surface area contributed by atoms with Crippen molar-refractivity contribution in [1.29, 1.82) is 0 Å². The number of halogens is 3. The largest absolute Gasteiger partial charge is 0.493 e. The van der Waals surface area contributed by atoms with E-state index in [0.717, 1.165) is 37.8 Å². The summed E-state index contributed by atoms with van der Waals surface area (Å²) in [6, 6.07) is 7.50. The Morgan fingerprint density at radius 2 is 1.53 bits per heavy atom. The molecule has 232 valence electrons. The molecular formula is C30H34F3N3O7. The van der Waals surface area contributed by atoms with E-state index in [4.69, 9.17) is 14.2 Å². The van der Waals surface area contributed by atoms with E-state index in [0.29, 0.717) is 49.3 Å². The van der Waals surface area contributed by atoms with Crippen LogP contribution >= 0.6 is 0 Å². The number of methoxy groups -OCH3 is 2. The fourth-order valence-corrected chi connectivity index (χ4v) is 5.66. The van der Waals surface area contributed by atoms with Crippen molar-refractivity contribution in [1.82, 2.24) is 9.80 Å². The molecule has 2 fully saturated rings. The van der Waals surface area contributed by atoms with Gasteiger partial charge in [0.05, 0.1) is 36.3 Å². The maximum atomic E-state index is 12.9. The SMILES string of the molecule is COc1cc(COC(=O)N2CCC(C3CCN(C(=O)C=Cc4cccc(C(F)(F)F)c4)CC3)CC2)c([N+](=O)[O-])cc1OC. The minimum absolute atomic E-state index is 0.192. The number of piperidine rings is 2. The number of hydrogen-bond acceptors (Lipinski definition) is 7. The van der Waals surface area contributed by atoms with Crippen LogP contribution in [-0.4, -0.2) is 67.1 Å². The third-order valence-electron chi connectivity index (χ3n) is 8.08. The smallest absolute Gasteiger partial charge is 0.416 e. The molecule has 2 aromatic rings. The molecule has 2 aliphatic rings. The van der Waals surface area contributed by atoms with Crippen LogP contribution in [-0.2, 0) is 22.3 Å². The van der Waals surface area contributed by atoms with E-state index < -0.39 is 22.8 Å². The molecule has 2 aliphatic heterocycles. The molecule has 0 unspecified atom stereocenters. The summed E-state index contributed by atoms with van der Waals surface area (Å²) >= 11 is 0. The van der Waals surface area contributed by atoms with Crippen molar-refractivity contribution in [2.45, 2.75) is 38.5 Å². The molecule has 43 heavy (non-hydrogen) atoms. The Labute approximate surface area is 247 Å². The number of likely N-dealkylation sites (tertiary alicyclic amines) is 2. The number of nitrogens with zero attached hydrogens (tertiary/aromatic N) is 3. The van der Waals surface area contributed by atoms with Crippen LogP contribution < -0.4 is 9.47 Å². The predicted octanol–water partition coefficient (Wildman–Crippen LogP) is 5.93. The van der Waals surface area contributed by atoms with Crippen LogP contribution in [0.3, 0.4) is 0 Å². The van der Waals surface area contributed by atoms with Gasteiger partial charge in [0.25, 0.3) is 5.69 Å². The molecular weight excluding hydrogens is 571 g/mol. The molecule has 4 rings (SSSR count). The summed E-state index contributed by atoms with van der Waals surface area (Å²) in [7, 11) is 2.78. The number of carbonyl (C=O) groups excluding carboxylic acids is 2. The number of alkyl halides is 3. The van der Waals surface area contributed by atoms with Crippen LogP contribution in [0.5, 0.6) is 11.5 Å². The highest BCUT2D eigenvalue weighted by atomic mass is 19.4. The van der Waals surface area contributed by atoms with Gasteiger partial charge in [-0.25, -0.2) is 4.79 Å². The summed E-state index contributed by atoms with van der Waals surface area (Å²) < 4.78 is 54.6. The van der Waals surface area contributed by atoms with Crippen molar-refractivity contribution in [2.24, 2.45) is 11.8 Å². The molecule has 2 amide bonds. The lowest BCUT2D eigenvalue weighted by Gasteiger charge is -2.39. The Kier molecular flexibility index (Phi) is 10.1. The molecule has 0 radical (unpaired) electrons. The number of nitro groups is 1. The Hall–Kier alpha value is -4.29. The number of hydrogen-bond donors (Lipinski definition) is 0. The van der Waals surface area contributed by atoms with Gasteiger partial charge in [-0.2, -0.15) is 13.2 Å². The molecule has 0 N–H and O–H groups in total. The first-order chi connectivity index (χ1) is 20.5. The normalized spacial score (nSPS) is 16.8. The topological polar surface area (TPSA) is 111 Å². The zero-order chi connectivity index (χ0) is 31.1. The monoisotopic (exact) mass is 605 g/mol. The number of ether oxygens (including phenoxy) is 3. The van der Waals surface area contributed by atoms with Gasteiger partial charge < -0.3 is 24.0 Å². The Morgan fingerprint density at radius 3 is 2.09 bits per heavy atom. The summed E-state index contributed by atoms with van der Waals surface area (Å²) in [5.41, 5.74) is -0.494. The van der Waals surface area contributed by atoms with Gasteiger partial charge in [-0.3, -0.25) is 14.9 Å². The first-order valence-corrected chi connectivity index (χ1v) is 14.0. The highest BCUT2D eigenvalue weighted by Crippen LogP contribution is 2.36. The second-order valence-electron chi connectivity index (χ2n) is 10.6. The standard InChI is InChI=1S/C30H34F3N3O7/c1-41-26-17-23(25(36(39)40)18-27(26)42-2)19-43-29(38)35-14-10-22(11-15-35)21-8-12-34(13-9-21)28(37)7-6-20-4-3-5-24(16-20)30(31,32)33/h3-7,16-18,21-22H,8-15,19H2,1-2H3. The fourth-order valence-electron chi connectivity index (χ4n) is 5.66. The zero-order valence-corrected chi connectivity index (χ0v) is 24.0. The number of amides is 2. The fraction of sp³-hybridized carbons (Fsp3) is 0.467. The Balaban J connectivity index is 1.23. The van der Waals surface area contributed by atoms with Crippen molar-refractivity contribution < 1.29 is 41.9 Å². The molecule has 0 saturated carbocycles. The third kappa shape index (κ3) is 7.96. The van der Waals surface area contributed by atoms with Gasteiger partial charge in [0.2, 0.25) is 5.91 Å². The summed E-state index contributed by atoms with van der Waals surface area (Å²) in [5, 5.41) is 11.5. The molecule has 0 aromatic heterocycles. The summed E-state index contributed by atoms with van der Waals surface area (Å²) in [4.78, 5) is 39.6. The minimum atomic E-state index is -4.44. The van der Waals surface area contributed by atoms with Gasteiger partial charge in [0.1, 0.15) is 6.61 Å². The van der Waals surface area contributed by atoms with Gasteiger partial charge in [-0.15, -0.1) is 0 Å². The molecule has 0 atom stereocenters. The van der Waals surface area contributed by atoms with Gasteiger partial charge in [0.15, 0.2) is 11.5 Å². The lowest BCUT2D eigenvalue weighted by Crippen LogP contribution is -2.43. The second-order valence-corrected chi connectivity index (χ2v) is 10.6. The number of benzene rings is 2. The maximum Gasteiger partial charge on any atom is 0.416 e. The molecule has 0 aliphatic carbocycles. The van der Waals surface area contributed by atoms with Gasteiger partial charge in [-0.05, 0) is 67.4 Å². The van der Waals surface area contributed by atoms with Crippen LogP contribution in [0.25, 0.3) is 6.08 Å². The van der Waals surface area contributed by atoms with Crippen LogP contribution in [0.4, 0.5) is 23.7 Å². The molecule has 10 nitrogen and oxygen atoms in total. The van der Waals surface area contributed by atoms with E-state index in [1.807, 2.05) is 0 Å². The summed E-state index contributed by atoms with van der Waals surface area (Å²) in [5.74, 6) is 1.04. The summed E-state index contributed by atoms with van der Waals surface area (Å²) in [6.45, 7) is 1.82. The molecule has 2 aromatic carbocycles. The Bertz CT molecular complexity index is 1350. The lowest BCUT2D eigenvalue weighted by molar-refractivity contribution is -0.385. The van der Waals surface area contributed by atoms with E-state index in [9.17, 15) is 32.9 Å². The highest BCUT2D eigenvalue weighted by molar-refractivity contribution is 5.91. The first-order valence-electron chi connectivity index (χ1n) is 14.0. The maximum absolute atomic E-state index is 12.9. The van der Waals surface area contributed by atoms with Gasteiger partial charge in [-0.1, -0.05) is 12.1 Å². The first kappa shape index (κ1) is 31.6. The quantitative estimate of drug-likeness (QED) is 0.208. The molecule has 0 bridgehead atoms. The van der Waals surface area contributed by atoms with Crippen molar-refractivity contribution in [3.8, 4) is 11.5 Å². The summed E-state index contributed by atoms with van der Waals surface area (Å²) in [6.07, 6.45) is 0.900. The highest BCUT2D eigenvalue weighted by Gasteiger charge is 2.33. The van der Waals surface area contributed by atoms with E-state index >= 15 is 0 Å². The predicted molar refractivity (Wildman–Crippen MR) is 150 cm³/mol. The van der Waals surface area contributed by atoms with Crippen LogP contribution in [0.15, 0.2) is 42.5 Å². The number of rotatable bonds is 8. The molecule has 0 spiro atoms. The third-order valence-corrected chi connectivity index (χ3v) is 8.08. The molecule has 2 heterocycles. The Morgan fingerprint density at radius 1 is 0.953 bits per heavy atom. The zero-order valence-electron chi connectivity index (χ0n) is 24.0. The van der Waals surface area contributed by atoms with Crippen LogP contribution in [0.1, 0.15) is 42.4 Å². The van der Waals surface area contributed by atoms with Gasteiger partial charge in [0, 0.05) is 32.3 Å². The average molecular weight is 606 g/mol.